The molecule has 0 spiro atoms. The van der Waals surface area contributed by atoms with Crippen molar-refractivity contribution < 1.29 is 36.6 Å². The molecular weight excluding hydrogens is 549 g/mol. The van der Waals surface area contributed by atoms with E-state index in [0.29, 0.717) is 11.1 Å². The largest absolute Gasteiger partial charge is 0.463 e. The summed E-state index contributed by atoms with van der Waals surface area (Å²) in [7, 11) is 1.54. The normalized spacial score (nSPS) is 12.8. The number of imidazole rings is 1. The number of halogens is 5. The zero-order valence-corrected chi connectivity index (χ0v) is 22.0. The Hall–Kier alpha value is -4.81. The molecule has 0 saturated carbocycles. The van der Waals surface area contributed by atoms with E-state index in [1.165, 1.54) is 58.9 Å². The van der Waals surface area contributed by atoms with Gasteiger partial charge in [-0.3, -0.25) is 9.78 Å². The number of rotatable bonds is 6. The highest BCUT2D eigenvalue weighted by molar-refractivity contribution is 5.96. The van der Waals surface area contributed by atoms with Crippen molar-refractivity contribution in [3.05, 3.63) is 106 Å². The van der Waals surface area contributed by atoms with Crippen LogP contribution in [0.3, 0.4) is 0 Å². The summed E-state index contributed by atoms with van der Waals surface area (Å²) in [5, 5.41) is 11.7. The Morgan fingerprint density at radius 3 is 2.49 bits per heavy atom. The van der Waals surface area contributed by atoms with Crippen LogP contribution in [0.5, 0.6) is 0 Å². The molecule has 41 heavy (non-hydrogen) atoms. The minimum absolute atomic E-state index is 0.00737. The first-order valence-electron chi connectivity index (χ1n) is 12.2. The zero-order valence-electron chi connectivity index (χ0n) is 22.0. The molecule has 2 N–H and O–H groups in total. The van der Waals surface area contributed by atoms with Gasteiger partial charge in [-0.05, 0) is 54.8 Å². The van der Waals surface area contributed by atoms with E-state index in [-0.39, 0.29) is 17.7 Å². The molecule has 2 amide bonds. The average molecular weight is 574 g/mol. The molecule has 1 atom stereocenters. The molecule has 1 unspecified atom stereocenters. The van der Waals surface area contributed by atoms with E-state index in [9.17, 15) is 27.2 Å². The topological polar surface area (TPSA) is 102 Å². The maximum Gasteiger partial charge on any atom is 0.434 e. The molecular formula is C28H24F5N5O3. The standard InChI is InChI=1S/C28H24F5N5O3/c1-15-11-18(6-7-22(15)29)16(2)35-25(39)21-13-17(14-38-10-9-37(3)26(38)36-27(40)41)12-20(23(21)30)19-5-4-8-34-24(19)28(31,32)33/h4-13,16H,14H2,1-3H3,(H,35,39)(H,40,41). The van der Waals surface area contributed by atoms with Gasteiger partial charge in [0.1, 0.15) is 11.6 Å². The molecule has 0 fully saturated rings. The minimum Gasteiger partial charge on any atom is -0.463 e. The molecule has 8 nitrogen and oxygen atoms in total. The Morgan fingerprint density at radius 1 is 1.10 bits per heavy atom. The second-order valence-electron chi connectivity index (χ2n) is 9.34. The third-order valence-corrected chi connectivity index (χ3v) is 6.36. The molecule has 0 saturated heterocycles. The number of hydrogen-bond acceptors (Lipinski definition) is 3. The second-order valence-corrected chi connectivity index (χ2v) is 9.34. The van der Waals surface area contributed by atoms with E-state index in [2.05, 4.69) is 15.3 Å². The summed E-state index contributed by atoms with van der Waals surface area (Å²) in [5.41, 5.74) is -1.95. The third-order valence-electron chi connectivity index (χ3n) is 6.36. The second kappa shape index (κ2) is 11.4. The number of carboxylic acid groups (broad SMARTS) is 1. The molecule has 0 bridgehead atoms. The van der Waals surface area contributed by atoms with Crippen LogP contribution in [0.15, 0.2) is 66.0 Å². The number of pyridine rings is 1. The van der Waals surface area contributed by atoms with Crippen LogP contribution in [-0.2, 0) is 19.8 Å². The quantitative estimate of drug-likeness (QED) is 0.293. The Balaban J connectivity index is 1.85. The van der Waals surface area contributed by atoms with E-state index in [4.69, 9.17) is 5.11 Å². The third kappa shape index (κ3) is 6.34. The Labute approximate surface area is 230 Å². The molecule has 0 aliphatic rings. The van der Waals surface area contributed by atoms with Crippen LogP contribution in [0.25, 0.3) is 11.1 Å². The van der Waals surface area contributed by atoms with Gasteiger partial charge in [0.15, 0.2) is 5.69 Å². The maximum atomic E-state index is 15.9. The number of carbonyl (C=O) groups excluding carboxylic acids is 1. The fraction of sp³-hybridized carbons (Fsp3) is 0.214. The first kappa shape index (κ1) is 29.2. The first-order valence-corrected chi connectivity index (χ1v) is 12.2. The lowest BCUT2D eigenvalue weighted by molar-refractivity contribution is -0.140. The summed E-state index contributed by atoms with van der Waals surface area (Å²) in [6.07, 6.45) is -2.48. The Kier molecular flexibility index (Phi) is 8.08. The smallest absolute Gasteiger partial charge is 0.434 e. The minimum atomic E-state index is -4.92. The number of aromatic nitrogens is 3. The van der Waals surface area contributed by atoms with Gasteiger partial charge in [-0.1, -0.05) is 18.2 Å². The van der Waals surface area contributed by atoms with E-state index in [1.54, 1.807) is 13.8 Å². The van der Waals surface area contributed by atoms with E-state index >= 15 is 4.39 Å². The van der Waals surface area contributed by atoms with Gasteiger partial charge in [-0.2, -0.15) is 13.2 Å². The fourth-order valence-electron chi connectivity index (χ4n) is 4.35. The molecule has 4 aromatic rings. The summed E-state index contributed by atoms with van der Waals surface area (Å²) < 4.78 is 73.8. The van der Waals surface area contributed by atoms with Gasteiger partial charge in [-0.25, -0.2) is 13.6 Å². The fourth-order valence-corrected chi connectivity index (χ4v) is 4.35. The summed E-state index contributed by atoms with van der Waals surface area (Å²) in [6.45, 7) is 2.98. The molecule has 13 heteroatoms. The molecule has 214 valence electrons. The van der Waals surface area contributed by atoms with Crippen LogP contribution < -0.4 is 10.9 Å². The van der Waals surface area contributed by atoms with Crippen LogP contribution >= 0.6 is 0 Å². The highest BCUT2D eigenvalue weighted by atomic mass is 19.4. The number of benzene rings is 2. The first-order chi connectivity index (χ1) is 19.3. The lowest BCUT2D eigenvalue weighted by Crippen LogP contribution is -2.28. The number of nitrogens with one attached hydrogen (secondary N) is 1. The number of alkyl halides is 3. The monoisotopic (exact) mass is 573 g/mol. The summed E-state index contributed by atoms with van der Waals surface area (Å²) in [4.78, 5) is 31.4. The molecule has 2 aromatic carbocycles. The van der Waals surface area contributed by atoms with E-state index in [1.807, 2.05) is 0 Å². The van der Waals surface area contributed by atoms with Crippen LogP contribution in [0.4, 0.5) is 26.7 Å². The summed E-state index contributed by atoms with van der Waals surface area (Å²) >= 11 is 0. The molecule has 0 aliphatic carbocycles. The van der Waals surface area contributed by atoms with E-state index < -0.39 is 58.2 Å². The number of aryl methyl sites for hydroxylation is 2. The van der Waals surface area contributed by atoms with Crippen LogP contribution in [0.1, 0.15) is 45.7 Å². The van der Waals surface area contributed by atoms with Gasteiger partial charge in [0.05, 0.1) is 18.2 Å². The number of hydrogen-bond donors (Lipinski definition) is 2. The van der Waals surface area contributed by atoms with Crippen molar-refractivity contribution in [1.29, 1.82) is 0 Å². The van der Waals surface area contributed by atoms with Gasteiger partial charge in [-0.15, -0.1) is 4.99 Å². The number of carbonyl (C=O) groups is 2. The van der Waals surface area contributed by atoms with Crippen LogP contribution in [0, 0.1) is 18.6 Å². The van der Waals surface area contributed by atoms with Gasteiger partial charge < -0.3 is 19.6 Å². The predicted molar refractivity (Wildman–Crippen MR) is 138 cm³/mol. The van der Waals surface area contributed by atoms with Crippen molar-refractivity contribution in [2.24, 2.45) is 12.0 Å². The maximum absolute atomic E-state index is 15.9. The van der Waals surface area contributed by atoms with Crippen LogP contribution in [-0.4, -0.2) is 31.2 Å². The average Bonchev–Trinajstić information content (AvgIpc) is 3.23. The molecule has 2 heterocycles. The zero-order chi connectivity index (χ0) is 30.1. The molecule has 0 aliphatic heterocycles. The summed E-state index contributed by atoms with van der Waals surface area (Å²) in [5.74, 6) is -2.58. The molecule has 4 rings (SSSR count). The number of nitrogens with zero attached hydrogens (tertiary/aromatic N) is 4. The van der Waals surface area contributed by atoms with Crippen LogP contribution in [0.2, 0.25) is 0 Å². The Morgan fingerprint density at radius 2 is 1.83 bits per heavy atom. The lowest BCUT2D eigenvalue weighted by Gasteiger charge is -2.18. The number of amides is 2. The molecule has 2 aromatic heterocycles. The van der Waals surface area contributed by atoms with Crippen molar-refractivity contribution in [3.8, 4) is 11.1 Å². The predicted octanol–water partition coefficient (Wildman–Crippen LogP) is 5.61. The van der Waals surface area contributed by atoms with Gasteiger partial charge in [0, 0.05) is 36.8 Å². The van der Waals surface area contributed by atoms with Crippen molar-refractivity contribution >= 4 is 12.0 Å². The van der Waals surface area contributed by atoms with Crippen molar-refractivity contribution in [3.63, 3.8) is 0 Å². The lowest BCUT2D eigenvalue weighted by atomic mass is 9.96. The van der Waals surface area contributed by atoms with Crippen molar-refractivity contribution in [2.45, 2.75) is 32.6 Å². The highest BCUT2D eigenvalue weighted by Gasteiger charge is 2.36. The van der Waals surface area contributed by atoms with Gasteiger partial charge in [0.2, 0.25) is 5.62 Å². The molecule has 0 radical (unpaired) electrons. The SMILES string of the molecule is Cc1cc(C(C)NC(=O)c2cc(Cn3ccn(C)c3=NC(=O)O)cc(-c3cccnc3C(F)(F)F)c2F)ccc1F. The van der Waals surface area contributed by atoms with Crippen molar-refractivity contribution in [1.82, 2.24) is 19.4 Å². The highest BCUT2D eigenvalue weighted by Crippen LogP contribution is 2.37. The van der Waals surface area contributed by atoms with Gasteiger partial charge >= 0.3 is 12.3 Å². The summed E-state index contributed by atoms with van der Waals surface area (Å²) in [6, 6.07) is 8.07. The Bertz CT molecular complexity index is 1710. The van der Waals surface area contributed by atoms with Gasteiger partial charge in [0.25, 0.3) is 5.91 Å². The van der Waals surface area contributed by atoms with E-state index in [0.717, 1.165) is 18.3 Å². The van der Waals surface area contributed by atoms with Crippen molar-refractivity contribution in [2.75, 3.05) is 0 Å².